The van der Waals surface area contributed by atoms with E-state index in [4.69, 9.17) is 0 Å². The Balaban J connectivity index is 1.41. The molecule has 39 heavy (non-hydrogen) atoms. The van der Waals surface area contributed by atoms with Crippen molar-refractivity contribution < 1.29 is 13.2 Å². The third-order valence-corrected chi connectivity index (χ3v) is 8.75. The number of carbonyl (C=O) groups excluding carboxylic acids is 1. The Kier molecular flexibility index (Phi) is 9.28. The first kappa shape index (κ1) is 28.6. The van der Waals surface area contributed by atoms with Crippen LogP contribution in [0.25, 0.3) is 11.1 Å². The first-order valence-corrected chi connectivity index (χ1v) is 14.4. The van der Waals surface area contributed by atoms with Crippen molar-refractivity contribution in [2.45, 2.75) is 11.4 Å². The van der Waals surface area contributed by atoms with Crippen LogP contribution in [0.2, 0.25) is 0 Å². The van der Waals surface area contributed by atoms with Crippen molar-refractivity contribution in [1.29, 1.82) is 0 Å². The summed E-state index contributed by atoms with van der Waals surface area (Å²) in [6, 6.07) is 15.4. The number of carbonyl (C=O) groups is 1. The zero-order valence-electron chi connectivity index (χ0n) is 23.0. The number of sulfonamides is 1. The van der Waals surface area contributed by atoms with Gasteiger partial charge in [-0.3, -0.25) is 4.79 Å². The maximum Gasteiger partial charge on any atom is 0.254 e. The molecule has 2 heterocycles. The molecule has 0 saturated carbocycles. The summed E-state index contributed by atoms with van der Waals surface area (Å²) in [4.78, 5) is 26.9. The Hall–Kier alpha value is -3.38. The van der Waals surface area contributed by atoms with Gasteiger partial charge in [0.2, 0.25) is 16.0 Å². The fourth-order valence-corrected chi connectivity index (χ4v) is 5.93. The largest absolute Gasteiger partial charge is 0.355 e. The summed E-state index contributed by atoms with van der Waals surface area (Å²) in [7, 11) is 4.17. The van der Waals surface area contributed by atoms with E-state index in [0.717, 1.165) is 30.8 Å². The number of anilines is 1. The maximum absolute atomic E-state index is 13.4. The van der Waals surface area contributed by atoms with Gasteiger partial charge in [-0.1, -0.05) is 36.4 Å². The molecular formula is C28H37N7O3S. The van der Waals surface area contributed by atoms with Crippen molar-refractivity contribution in [2.75, 3.05) is 72.4 Å². The van der Waals surface area contributed by atoms with Gasteiger partial charge in [0.1, 0.15) is 0 Å². The number of piperazine rings is 1. The second kappa shape index (κ2) is 12.6. The molecule has 10 nitrogen and oxygen atoms in total. The molecule has 1 aliphatic heterocycles. The third-order valence-electron chi connectivity index (χ3n) is 6.84. The van der Waals surface area contributed by atoms with E-state index in [1.165, 1.54) is 22.3 Å². The lowest BCUT2D eigenvalue weighted by molar-refractivity contribution is 0.0962. The number of nitrogens with zero attached hydrogens (tertiary/aromatic N) is 6. The molecule has 1 aromatic heterocycles. The lowest BCUT2D eigenvalue weighted by Gasteiger charge is -2.34. The first-order valence-electron chi connectivity index (χ1n) is 13.0. The number of aromatic nitrogens is 2. The molecule has 1 saturated heterocycles. The van der Waals surface area contributed by atoms with E-state index in [1.807, 2.05) is 29.2 Å². The molecule has 0 aliphatic carbocycles. The molecule has 1 fully saturated rings. The Bertz CT molecular complexity index is 1350. The molecule has 0 atom stereocenters. The van der Waals surface area contributed by atoms with Gasteiger partial charge in [-0.15, -0.1) is 0 Å². The molecule has 208 valence electrons. The average molecular weight is 552 g/mol. The Morgan fingerprint density at radius 1 is 0.923 bits per heavy atom. The van der Waals surface area contributed by atoms with Crippen LogP contribution in [0.5, 0.6) is 0 Å². The summed E-state index contributed by atoms with van der Waals surface area (Å²) >= 11 is 0. The van der Waals surface area contributed by atoms with E-state index in [1.54, 1.807) is 19.2 Å². The first-order chi connectivity index (χ1) is 18.7. The summed E-state index contributed by atoms with van der Waals surface area (Å²) < 4.78 is 28.3. The van der Waals surface area contributed by atoms with Crippen molar-refractivity contribution in [2.24, 2.45) is 0 Å². The number of amides is 1. The van der Waals surface area contributed by atoms with E-state index < -0.39 is 10.0 Å². The summed E-state index contributed by atoms with van der Waals surface area (Å²) in [6.45, 7) is 4.33. The van der Waals surface area contributed by atoms with Gasteiger partial charge < -0.3 is 20.0 Å². The van der Waals surface area contributed by atoms with E-state index >= 15 is 0 Å². The highest BCUT2D eigenvalue weighted by molar-refractivity contribution is 7.89. The van der Waals surface area contributed by atoms with Gasteiger partial charge in [-0.25, -0.2) is 18.4 Å². The smallest absolute Gasteiger partial charge is 0.254 e. The van der Waals surface area contributed by atoms with Crippen LogP contribution in [0.1, 0.15) is 15.9 Å². The standard InChI is InChI=1S/C28H37N7O3S/c1-29-27(36)24-19-30-28(31-20-24)34-15-17-35(18-16-34)39(37,38)25-11-9-22(10-12-25)26-8-6-5-7-23(26)21-33(4)14-13-32(2)3/h5-12,19-20H,13-18,21H2,1-4H3,(H,29,36). The summed E-state index contributed by atoms with van der Waals surface area (Å²) in [5.74, 6) is 0.231. The summed E-state index contributed by atoms with van der Waals surface area (Å²) in [5, 5.41) is 2.54. The minimum atomic E-state index is -3.63. The molecule has 0 unspecified atom stereocenters. The van der Waals surface area contributed by atoms with Crippen LogP contribution in [-0.4, -0.2) is 106 Å². The van der Waals surface area contributed by atoms with Crippen molar-refractivity contribution in [3.8, 4) is 11.1 Å². The normalized spacial score (nSPS) is 14.7. The lowest BCUT2D eigenvalue weighted by Crippen LogP contribution is -2.49. The quantitative estimate of drug-likeness (QED) is 0.408. The number of nitrogens with one attached hydrogen (secondary N) is 1. The minimum absolute atomic E-state index is 0.251. The SMILES string of the molecule is CNC(=O)c1cnc(N2CCN(S(=O)(=O)c3ccc(-c4ccccc4CN(C)CCN(C)C)cc3)CC2)nc1. The van der Waals surface area contributed by atoms with Gasteiger partial charge in [-0.2, -0.15) is 4.31 Å². The van der Waals surface area contributed by atoms with Gasteiger partial charge in [0.25, 0.3) is 5.91 Å². The zero-order chi connectivity index (χ0) is 28.0. The molecular weight excluding hydrogens is 514 g/mol. The monoisotopic (exact) mass is 551 g/mol. The maximum atomic E-state index is 13.4. The predicted molar refractivity (Wildman–Crippen MR) is 153 cm³/mol. The fraction of sp³-hybridized carbons (Fsp3) is 0.393. The zero-order valence-corrected chi connectivity index (χ0v) is 23.9. The molecule has 11 heteroatoms. The van der Waals surface area contributed by atoms with Crippen molar-refractivity contribution >= 4 is 21.9 Å². The van der Waals surface area contributed by atoms with Gasteiger partial charge in [0.05, 0.1) is 10.5 Å². The van der Waals surface area contributed by atoms with Crippen LogP contribution in [0.15, 0.2) is 65.8 Å². The molecule has 0 spiro atoms. The van der Waals surface area contributed by atoms with E-state index in [9.17, 15) is 13.2 Å². The topological polar surface area (TPSA) is 102 Å². The van der Waals surface area contributed by atoms with Crippen LogP contribution in [0.3, 0.4) is 0 Å². The molecule has 1 N–H and O–H groups in total. The highest BCUT2D eigenvalue weighted by Gasteiger charge is 2.29. The molecule has 1 aliphatic rings. The van der Waals surface area contributed by atoms with Crippen LogP contribution in [-0.2, 0) is 16.6 Å². The number of hydrogen-bond acceptors (Lipinski definition) is 8. The number of rotatable bonds is 10. The lowest BCUT2D eigenvalue weighted by atomic mass is 9.99. The van der Waals surface area contributed by atoms with Crippen molar-refractivity contribution in [3.05, 3.63) is 72.1 Å². The third kappa shape index (κ3) is 6.99. The van der Waals surface area contributed by atoms with Gasteiger partial charge in [0.15, 0.2) is 0 Å². The summed E-state index contributed by atoms with van der Waals surface area (Å²) in [6.07, 6.45) is 2.96. The predicted octanol–water partition coefficient (Wildman–Crippen LogP) is 2.01. The minimum Gasteiger partial charge on any atom is -0.355 e. The highest BCUT2D eigenvalue weighted by atomic mass is 32.2. The van der Waals surface area contributed by atoms with Crippen LogP contribution < -0.4 is 10.2 Å². The highest BCUT2D eigenvalue weighted by Crippen LogP contribution is 2.27. The van der Waals surface area contributed by atoms with E-state index in [0.29, 0.717) is 37.7 Å². The molecule has 2 aromatic carbocycles. The average Bonchev–Trinajstić information content (AvgIpc) is 2.96. The van der Waals surface area contributed by atoms with Gasteiger partial charge in [-0.05, 0) is 50.0 Å². The van der Waals surface area contributed by atoms with Crippen LogP contribution >= 0.6 is 0 Å². The van der Waals surface area contributed by atoms with E-state index in [-0.39, 0.29) is 10.8 Å². The molecule has 0 bridgehead atoms. The summed E-state index contributed by atoms with van der Waals surface area (Å²) in [5.41, 5.74) is 3.68. The molecule has 3 aromatic rings. The Morgan fingerprint density at radius 2 is 1.56 bits per heavy atom. The number of hydrogen-bond donors (Lipinski definition) is 1. The van der Waals surface area contributed by atoms with Gasteiger partial charge in [0, 0.05) is 65.3 Å². The number of benzene rings is 2. The Morgan fingerprint density at radius 3 is 2.18 bits per heavy atom. The van der Waals surface area contributed by atoms with Gasteiger partial charge >= 0.3 is 0 Å². The van der Waals surface area contributed by atoms with Crippen LogP contribution in [0, 0.1) is 0 Å². The molecule has 1 amide bonds. The van der Waals surface area contributed by atoms with E-state index in [2.05, 4.69) is 58.4 Å². The van der Waals surface area contributed by atoms with Crippen molar-refractivity contribution in [1.82, 2.24) is 29.4 Å². The molecule has 4 rings (SSSR count). The van der Waals surface area contributed by atoms with Crippen molar-refractivity contribution in [3.63, 3.8) is 0 Å². The van der Waals surface area contributed by atoms with Crippen LogP contribution in [0.4, 0.5) is 5.95 Å². The fourth-order valence-electron chi connectivity index (χ4n) is 4.51. The molecule has 0 radical (unpaired) electrons. The number of likely N-dealkylation sites (N-methyl/N-ethyl adjacent to an activating group) is 2. The second-order valence-corrected chi connectivity index (χ2v) is 11.9. The Labute approximate surface area is 231 Å². The second-order valence-electron chi connectivity index (χ2n) is 9.96.